The topological polar surface area (TPSA) is 105 Å². The number of esters is 1. The monoisotopic (exact) mass is 322 g/mol. The van der Waals surface area contributed by atoms with Crippen LogP contribution >= 0.6 is 11.3 Å². The molecule has 0 unspecified atom stereocenters. The van der Waals surface area contributed by atoms with Gasteiger partial charge >= 0.3 is 5.97 Å². The van der Waals surface area contributed by atoms with E-state index in [1.54, 1.807) is 23.6 Å². The molecule has 0 radical (unpaired) electrons. The van der Waals surface area contributed by atoms with Crippen molar-refractivity contribution in [3.05, 3.63) is 28.5 Å². The van der Waals surface area contributed by atoms with Gasteiger partial charge in [0.1, 0.15) is 4.88 Å². The second-order valence-corrected chi connectivity index (χ2v) is 5.88. The largest absolute Gasteiger partial charge is 0.550 e. The highest BCUT2D eigenvalue weighted by molar-refractivity contribution is 7.12. The van der Waals surface area contributed by atoms with Gasteiger partial charge in [0.25, 0.3) is 0 Å². The van der Waals surface area contributed by atoms with Gasteiger partial charge < -0.3 is 24.7 Å². The number of hydrogen-bond acceptors (Lipinski definition) is 7. The molecule has 2 aliphatic rings. The number of anilines is 1. The molecule has 0 aromatic carbocycles. The van der Waals surface area contributed by atoms with E-state index in [-0.39, 0.29) is 4.88 Å². The van der Waals surface area contributed by atoms with Crippen molar-refractivity contribution in [2.75, 3.05) is 12.4 Å². The lowest BCUT2D eigenvalue weighted by Crippen LogP contribution is -2.45. The predicted molar refractivity (Wildman–Crippen MR) is 74.1 cm³/mol. The van der Waals surface area contributed by atoms with Crippen LogP contribution in [-0.2, 0) is 19.1 Å². The average molecular weight is 322 g/mol. The molecule has 0 spiro atoms. The molecule has 7 nitrogen and oxygen atoms in total. The van der Waals surface area contributed by atoms with Crippen LogP contribution in [0.2, 0.25) is 0 Å². The summed E-state index contributed by atoms with van der Waals surface area (Å²) < 4.78 is 10.0. The van der Waals surface area contributed by atoms with E-state index in [1.807, 2.05) is 0 Å². The number of fused-ring (bicyclic) bond motifs is 2. The molecule has 3 rings (SSSR count). The number of carboxylic acids is 1. The smallest absolute Gasteiger partial charge is 0.350 e. The van der Waals surface area contributed by atoms with Crippen LogP contribution in [0.4, 0.5) is 5.69 Å². The van der Waals surface area contributed by atoms with Crippen LogP contribution < -0.4 is 10.4 Å². The number of hydrogen-bond donors (Lipinski definition) is 1. The van der Waals surface area contributed by atoms with Crippen LogP contribution in [0.3, 0.4) is 0 Å². The minimum atomic E-state index is -1.32. The lowest BCUT2D eigenvalue weighted by molar-refractivity contribution is -0.313. The van der Waals surface area contributed by atoms with Gasteiger partial charge in [0.15, 0.2) is 0 Å². The molecule has 1 aromatic heterocycles. The number of aliphatic carboxylic acids is 1. The molecule has 1 aromatic rings. The summed E-state index contributed by atoms with van der Waals surface area (Å²) in [6, 6.07) is 1.56. The van der Waals surface area contributed by atoms with E-state index in [9.17, 15) is 19.5 Å². The zero-order chi connectivity index (χ0) is 15.9. The fraction of sp³-hybridized carbons (Fsp3) is 0.357. The summed E-state index contributed by atoms with van der Waals surface area (Å²) in [5.74, 6) is -4.32. The molecular weight excluding hydrogens is 310 g/mol. The van der Waals surface area contributed by atoms with Gasteiger partial charge in [-0.05, 0) is 11.4 Å². The molecule has 1 N–H and O–H groups in total. The third-order valence-electron chi connectivity index (χ3n) is 3.77. The quantitative estimate of drug-likeness (QED) is 0.608. The van der Waals surface area contributed by atoms with Gasteiger partial charge in [0.2, 0.25) is 5.91 Å². The van der Waals surface area contributed by atoms with Crippen LogP contribution in [0, 0.1) is 11.8 Å². The second kappa shape index (κ2) is 5.54. The van der Waals surface area contributed by atoms with E-state index in [0.717, 1.165) is 11.3 Å². The molecule has 1 saturated heterocycles. The first kappa shape index (κ1) is 14.7. The highest BCUT2D eigenvalue weighted by Gasteiger charge is 2.50. The molecule has 2 aliphatic heterocycles. The first-order chi connectivity index (χ1) is 10.5. The van der Waals surface area contributed by atoms with Crippen molar-refractivity contribution in [2.45, 2.75) is 12.2 Å². The molecule has 116 valence electrons. The first-order valence-corrected chi connectivity index (χ1v) is 7.42. The second-order valence-electron chi connectivity index (χ2n) is 4.97. The third kappa shape index (κ3) is 2.30. The van der Waals surface area contributed by atoms with Crippen LogP contribution in [0.5, 0.6) is 0 Å². The van der Waals surface area contributed by atoms with E-state index < -0.39 is 41.9 Å². The molecule has 8 heteroatoms. The van der Waals surface area contributed by atoms with Crippen molar-refractivity contribution in [1.82, 2.24) is 0 Å². The summed E-state index contributed by atoms with van der Waals surface area (Å²) in [5.41, 5.74) is 0.297. The van der Waals surface area contributed by atoms with Crippen LogP contribution in [0.1, 0.15) is 9.67 Å². The number of ether oxygens (including phenoxy) is 2. The molecule has 0 aliphatic carbocycles. The van der Waals surface area contributed by atoms with Crippen LogP contribution in [0.15, 0.2) is 23.6 Å². The average Bonchev–Trinajstić information content (AvgIpc) is 3.20. The Labute approximate surface area is 129 Å². The lowest BCUT2D eigenvalue weighted by atomic mass is 9.82. The molecule has 1 fully saturated rings. The number of rotatable bonds is 4. The van der Waals surface area contributed by atoms with Crippen LogP contribution in [0.25, 0.3) is 0 Å². The summed E-state index contributed by atoms with van der Waals surface area (Å²) >= 11 is 1.13. The Morgan fingerprint density at radius 1 is 1.27 bits per heavy atom. The van der Waals surface area contributed by atoms with E-state index >= 15 is 0 Å². The number of amides is 1. The Hall–Kier alpha value is -2.19. The molecule has 4 atom stereocenters. The van der Waals surface area contributed by atoms with Crippen molar-refractivity contribution < 1.29 is 29.0 Å². The normalized spacial score (nSPS) is 28.6. The minimum Gasteiger partial charge on any atom is -0.550 e. The summed E-state index contributed by atoms with van der Waals surface area (Å²) in [5, 5.41) is 15.5. The SMILES string of the molecule is COC(=O)c1sccc1NC(=O)[C@H]1[C@@H](C(=O)[O-])[C@H]2C=C[C@@H]1O2. The summed E-state index contributed by atoms with van der Waals surface area (Å²) in [4.78, 5) is 35.5. The Kier molecular flexibility index (Phi) is 3.71. The molecule has 22 heavy (non-hydrogen) atoms. The van der Waals surface area contributed by atoms with Gasteiger partial charge in [0, 0.05) is 11.9 Å². The highest BCUT2D eigenvalue weighted by Crippen LogP contribution is 2.39. The number of carboxylic acid groups (broad SMARTS) is 1. The van der Waals surface area contributed by atoms with Gasteiger partial charge in [-0.2, -0.15) is 0 Å². The molecule has 3 heterocycles. The van der Waals surface area contributed by atoms with Crippen molar-refractivity contribution >= 4 is 34.9 Å². The summed E-state index contributed by atoms with van der Waals surface area (Å²) in [7, 11) is 1.24. The van der Waals surface area contributed by atoms with Gasteiger partial charge in [-0.25, -0.2) is 4.79 Å². The van der Waals surface area contributed by atoms with Crippen LogP contribution in [-0.4, -0.2) is 37.2 Å². The maximum atomic E-state index is 12.4. The number of nitrogens with one attached hydrogen (secondary N) is 1. The summed E-state index contributed by atoms with van der Waals surface area (Å²) in [6.45, 7) is 0. The van der Waals surface area contributed by atoms with Gasteiger partial charge in [0.05, 0.1) is 30.9 Å². The Balaban J connectivity index is 1.80. The summed E-state index contributed by atoms with van der Waals surface area (Å²) in [6.07, 6.45) is 2.06. The molecular formula is C14H12NO6S-. The van der Waals surface area contributed by atoms with E-state index in [1.165, 1.54) is 7.11 Å². The van der Waals surface area contributed by atoms with Gasteiger partial charge in [-0.3, -0.25) is 4.79 Å². The van der Waals surface area contributed by atoms with Gasteiger partial charge in [-0.1, -0.05) is 12.2 Å². The maximum absolute atomic E-state index is 12.4. The number of carbonyl (C=O) groups is 3. The van der Waals surface area contributed by atoms with Crippen molar-refractivity contribution in [3.63, 3.8) is 0 Å². The molecule has 0 saturated carbocycles. The van der Waals surface area contributed by atoms with Gasteiger partial charge in [-0.15, -0.1) is 11.3 Å². The Morgan fingerprint density at radius 3 is 2.59 bits per heavy atom. The van der Waals surface area contributed by atoms with Crippen molar-refractivity contribution in [3.8, 4) is 0 Å². The number of methoxy groups -OCH3 is 1. The third-order valence-corrected chi connectivity index (χ3v) is 4.66. The molecule has 1 amide bonds. The Morgan fingerprint density at radius 2 is 1.95 bits per heavy atom. The lowest BCUT2D eigenvalue weighted by Gasteiger charge is -2.24. The number of thiophene rings is 1. The minimum absolute atomic E-state index is 0.250. The van der Waals surface area contributed by atoms with E-state index in [4.69, 9.17) is 4.74 Å². The zero-order valence-electron chi connectivity index (χ0n) is 11.5. The Bertz CT molecular complexity index is 666. The zero-order valence-corrected chi connectivity index (χ0v) is 12.3. The van der Waals surface area contributed by atoms with Crippen molar-refractivity contribution in [2.24, 2.45) is 11.8 Å². The first-order valence-electron chi connectivity index (χ1n) is 6.54. The standard InChI is InChI=1S/C14H13NO6S/c1-20-14(19)11-6(4-5-22-11)15-12(16)9-7-2-3-8(21-7)10(9)13(17)18/h2-5,7-10H,1H3,(H,15,16)(H,17,18)/p-1/t7-,8+,9+,10-/m0/s1. The number of carbonyl (C=O) groups excluding carboxylic acids is 3. The fourth-order valence-corrected chi connectivity index (χ4v) is 3.54. The predicted octanol–water partition coefficient (Wildman–Crippen LogP) is -0.207. The maximum Gasteiger partial charge on any atom is 0.350 e. The molecule has 2 bridgehead atoms. The van der Waals surface area contributed by atoms with E-state index in [0.29, 0.717) is 5.69 Å². The van der Waals surface area contributed by atoms with Crippen molar-refractivity contribution in [1.29, 1.82) is 0 Å². The fourth-order valence-electron chi connectivity index (χ4n) is 2.78. The highest BCUT2D eigenvalue weighted by atomic mass is 32.1. The van der Waals surface area contributed by atoms with E-state index in [2.05, 4.69) is 10.1 Å².